The molecule has 2 saturated heterocycles. The fraction of sp³-hybridized carbons (Fsp3) is 0.647. The zero-order valence-corrected chi connectivity index (χ0v) is 14.0. The Labute approximate surface area is 138 Å². The minimum Gasteiger partial charge on any atom is -0.494 e. The highest BCUT2D eigenvalue weighted by Gasteiger charge is 2.28. The molecule has 0 aromatic heterocycles. The number of hydrogen-bond acceptors (Lipinski definition) is 3. The van der Waals surface area contributed by atoms with Crippen LogP contribution in [0.5, 0.6) is 5.75 Å². The second kappa shape index (κ2) is 8.14. The summed E-state index contributed by atoms with van der Waals surface area (Å²) in [5.74, 6) is 1.84. The van der Waals surface area contributed by atoms with Crippen LogP contribution in [0.15, 0.2) is 18.2 Å². The van der Waals surface area contributed by atoms with Gasteiger partial charge in [-0.25, -0.2) is 4.39 Å². The van der Waals surface area contributed by atoms with Crippen LogP contribution in [-0.2, 0) is 6.54 Å². The zero-order valence-electron chi connectivity index (χ0n) is 13.2. The summed E-state index contributed by atoms with van der Waals surface area (Å²) in [5.41, 5.74) is 1.13. The second-order valence-electron chi connectivity index (χ2n) is 6.34. The first kappa shape index (κ1) is 17.5. The van der Waals surface area contributed by atoms with Gasteiger partial charge < -0.3 is 10.1 Å². The van der Waals surface area contributed by atoms with Gasteiger partial charge in [0.25, 0.3) is 0 Å². The monoisotopic (exact) mass is 328 g/mol. The summed E-state index contributed by atoms with van der Waals surface area (Å²) in [6.45, 7) is 5.61. The molecule has 1 atom stereocenters. The van der Waals surface area contributed by atoms with Crippen LogP contribution in [-0.4, -0.2) is 38.2 Å². The lowest BCUT2D eigenvalue weighted by Crippen LogP contribution is -2.36. The van der Waals surface area contributed by atoms with Crippen molar-refractivity contribution in [1.29, 1.82) is 0 Å². The van der Waals surface area contributed by atoms with Gasteiger partial charge in [0.05, 0.1) is 7.11 Å². The van der Waals surface area contributed by atoms with Crippen LogP contribution in [0.2, 0.25) is 0 Å². The zero-order chi connectivity index (χ0) is 14.7. The molecule has 3 rings (SSSR count). The van der Waals surface area contributed by atoms with Gasteiger partial charge in [-0.15, -0.1) is 12.4 Å². The standard InChI is InChI=1S/C17H25FN2O.ClH/c1-21-17-10-13(2-3-16(17)18)12-20-8-5-14(6-9-20)15-4-7-19-11-15;/h2-3,10,14-15,19H,4-9,11-12H2,1H3;1H. The number of nitrogens with zero attached hydrogens (tertiary/aromatic N) is 1. The Morgan fingerprint density at radius 1 is 1.23 bits per heavy atom. The van der Waals surface area contributed by atoms with E-state index < -0.39 is 0 Å². The topological polar surface area (TPSA) is 24.5 Å². The van der Waals surface area contributed by atoms with Crippen molar-refractivity contribution in [1.82, 2.24) is 10.2 Å². The molecule has 0 radical (unpaired) electrons. The van der Waals surface area contributed by atoms with Gasteiger partial charge in [-0.05, 0) is 75.0 Å². The first-order valence-electron chi connectivity index (χ1n) is 8.02. The number of likely N-dealkylation sites (tertiary alicyclic amines) is 1. The molecular weight excluding hydrogens is 303 g/mol. The van der Waals surface area contributed by atoms with Gasteiger partial charge >= 0.3 is 0 Å². The third-order valence-electron chi connectivity index (χ3n) is 5.02. The van der Waals surface area contributed by atoms with E-state index in [0.29, 0.717) is 5.75 Å². The van der Waals surface area contributed by atoms with Crippen LogP contribution in [0.25, 0.3) is 0 Å². The van der Waals surface area contributed by atoms with E-state index in [1.807, 2.05) is 12.1 Å². The summed E-state index contributed by atoms with van der Waals surface area (Å²) < 4.78 is 18.5. The summed E-state index contributed by atoms with van der Waals surface area (Å²) in [6, 6.07) is 5.19. The first-order valence-corrected chi connectivity index (χ1v) is 8.02. The van der Waals surface area contributed by atoms with Gasteiger partial charge in [-0.3, -0.25) is 4.90 Å². The van der Waals surface area contributed by atoms with E-state index >= 15 is 0 Å². The first-order chi connectivity index (χ1) is 10.3. The van der Waals surface area contributed by atoms with Crippen molar-refractivity contribution in [2.75, 3.05) is 33.3 Å². The van der Waals surface area contributed by atoms with Crippen LogP contribution in [0.1, 0.15) is 24.8 Å². The Hall–Kier alpha value is -0.840. The number of piperidine rings is 1. The largest absolute Gasteiger partial charge is 0.494 e. The average Bonchev–Trinajstić information content (AvgIpc) is 3.04. The van der Waals surface area contributed by atoms with Gasteiger partial charge in [0.15, 0.2) is 11.6 Å². The molecule has 3 nitrogen and oxygen atoms in total. The van der Waals surface area contributed by atoms with Crippen LogP contribution in [0.4, 0.5) is 4.39 Å². The van der Waals surface area contributed by atoms with E-state index in [9.17, 15) is 4.39 Å². The molecule has 0 amide bonds. The van der Waals surface area contributed by atoms with Crippen LogP contribution in [0, 0.1) is 17.7 Å². The molecule has 1 unspecified atom stereocenters. The highest BCUT2D eigenvalue weighted by molar-refractivity contribution is 5.85. The smallest absolute Gasteiger partial charge is 0.165 e. The SMILES string of the molecule is COc1cc(CN2CCC(C3CCNC3)CC2)ccc1F.Cl. The number of ether oxygens (including phenoxy) is 1. The molecule has 1 N–H and O–H groups in total. The second-order valence-corrected chi connectivity index (χ2v) is 6.34. The van der Waals surface area contributed by atoms with Crippen molar-refractivity contribution in [3.8, 4) is 5.75 Å². The summed E-state index contributed by atoms with van der Waals surface area (Å²) in [5, 5.41) is 3.48. The van der Waals surface area contributed by atoms with Crippen molar-refractivity contribution in [2.24, 2.45) is 11.8 Å². The number of methoxy groups -OCH3 is 1. The van der Waals surface area contributed by atoms with E-state index in [1.54, 1.807) is 0 Å². The summed E-state index contributed by atoms with van der Waals surface area (Å²) >= 11 is 0. The number of benzene rings is 1. The molecule has 2 heterocycles. The molecule has 2 aliphatic rings. The van der Waals surface area contributed by atoms with Gasteiger partial charge in [0.2, 0.25) is 0 Å². The Balaban J connectivity index is 0.00000176. The van der Waals surface area contributed by atoms with E-state index in [0.717, 1.165) is 37.0 Å². The van der Waals surface area contributed by atoms with Crippen molar-refractivity contribution < 1.29 is 9.13 Å². The highest BCUT2D eigenvalue weighted by Crippen LogP contribution is 2.29. The van der Waals surface area contributed by atoms with Crippen molar-refractivity contribution in [3.63, 3.8) is 0 Å². The number of nitrogens with one attached hydrogen (secondary N) is 1. The Morgan fingerprint density at radius 2 is 2.00 bits per heavy atom. The summed E-state index contributed by atoms with van der Waals surface area (Å²) in [6.07, 6.45) is 3.94. The molecule has 0 bridgehead atoms. The highest BCUT2D eigenvalue weighted by atomic mass is 35.5. The molecular formula is C17H26ClFN2O. The van der Waals surface area contributed by atoms with E-state index in [1.165, 1.54) is 45.5 Å². The molecule has 124 valence electrons. The normalized spacial score (nSPS) is 23.3. The summed E-state index contributed by atoms with van der Waals surface area (Å²) in [4.78, 5) is 2.48. The third-order valence-corrected chi connectivity index (χ3v) is 5.02. The fourth-order valence-electron chi connectivity index (χ4n) is 3.72. The minimum atomic E-state index is -0.284. The van der Waals surface area contributed by atoms with Crippen molar-refractivity contribution in [2.45, 2.75) is 25.8 Å². The molecule has 0 spiro atoms. The maximum atomic E-state index is 13.4. The maximum absolute atomic E-state index is 13.4. The lowest BCUT2D eigenvalue weighted by Gasteiger charge is -2.34. The average molecular weight is 329 g/mol. The van der Waals surface area contributed by atoms with Gasteiger partial charge in [0.1, 0.15) is 0 Å². The molecule has 0 aliphatic carbocycles. The predicted molar refractivity (Wildman–Crippen MR) is 89.2 cm³/mol. The van der Waals surface area contributed by atoms with Gasteiger partial charge in [-0.1, -0.05) is 6.07 Å². The summed E-state index contributed by atoms with van der Waals surface area (Å²) in [7, 11) is 1.52. The molecule has 1 aromatic carbocycles. The number of rotatable bonds is 4. The Bertz CT molecular complexity index is 472. The van der Waals surface area contributed by atoms with Crippen LogP contribution in [0.3, 0.4) is 0 Å². The van der Waals surface area contributed by atoms with E-state index in [-0.39, 0.29) is 18.2 Å². The molecule has 5 heteroatoms. The fourth-order valence-corrected chi connectivity index (χ4v) is 3.72. The van der Waals surface area contributed by atoms with E-state index in [2.05, 4.69) is 10.2 Å². The number of halogens is 2. The molecule has 1 aromatic rings. The van der Waals surface area contributed by atoms with Crippen LogP contribution < -0.4 is 10.1 Å². The quantitative estimate of drug-likeness (QED) is 0.919. The van der Waals surface area contributed by atoms with E-state index in [4.69, 9.17) is 4.74 Å². The lowest BCUT2D eigenvalue weighted by atomic mass is 9.84. The molecule has 0 saturated carbocycles. The van der Waals surface area contributed by atoms with Crippen molar-refractivity contribution in [3.05, 3.63) is 29.6 Å². The van der Waals surface area contributed by atoms with Gasteiger partial charge in [0, 0.05) is 6.54 Å². The predicted octanol–water partition coefficient (Wildman–Crippen LogP) is 3.08. The Kier molecular flexibility index (Phi) is 6.48. The molecule has 22 heavy (non-hydrogen) atoms. The minimum absolute atomic E-state index is 0. The number of hydrogen-bond donors (Lipinski definition) is 1. The lowest BCUT2D eigenvalue weighted by molar-refractivity contribution is 0.146. The molecule has 2 fully saturated rings. The van der Waals surface area contributed by atoms with Crippen LogP contribution >= 0.6 is 12.4 Å². The van der Waals surface area contributed by atoms with Gasteiger partial charge in [-0.2, -0.15) is 0 Å². The Morgan fingerprint density at radius 3 is 2.64 bits per heavy atom. The molecule has 2 aliphatic heterocycles. The third kappa shape index (κ3) is 4.12. The van der Waals surface area contributed by atoms with Crippen molar-refractivity contribution >= 4 is 12.4 Å². The maximum Gasteiger partial charge on any atom is 0.165 e.